The van der Waals surface area contributed by atoms with Gasteiger partial charge in [0.05, 0.1) is 0 Å². The lowest BCUT2D eigenvalue weighted by Crippen LogP contribution is -2.57. The van der Waals surface area contributed by atoms with Crippen molar-refractivity contribution >= 4 is 23.1 Å². The molecule has 0 aliphatic carbocycles. The van der Waals surface area contributed by atoms with Crippen molar-refractivity contribution in [2.75, 3.05) is 0 Å². The van der Waals surface area contributed by atoms with E-state index in [0.717, 1.165) is 6.42 Å². The van der Waals surface area contributed by atoms with Gasteiger partial charge in [-0.2, -0.15) is 0 Å². The van der Waals surface area contributed by atoms with Gasteiger partial charge in [-0.15, -0.1) is 0 Å². The molecule has 0 fully saturated rings. The molecule has 0 saturated carbocycles. The predicted molar refractivity (Wildman–Crippen MR) is 136 cm³/mol. The Morgan fingerprint density at radius 1 is 0.500 bits per heavy atom. The van der Waals surface area contributed by atoms with Gasteiger partial charge in [-0.25, -0.2) is 0 Å². The van der Waals surface area contributed by atoms with Crippen LogP contribution in [0.15, 0.2) is 36.4 Å². The van der Waals surface area contributed by atoms with E-state index in [-0.39, 0.29) is 6.71 Å². The summed E-state index contributed by atoms with van der Waals surface area (Å²) in [7, 11) is 0. The molecular formula is C29H37B. The van der Waals surface area contributed by atoms with Gasteiger partial charge in [-0.1, -0.05) is 111 Å². The van der Waals surface area contributed by atoms with E-state index in [0.29, 0.717) is 0 Å². The van der Waals surface area contributed by atoms with Gasteiger partial charge < -0.3 is 0 Å². The first-order valence-corrected chi connectivity index (χ1v) is 11.4. The first-order chi connectivity index (χ1) is 14.1. The van der Waals surface area contributed by atoms with Crippen molar-refractivity contribution in [1.82, 2.24) is 0 Å². The minimum atomic E-state index is 0.266. The fourth-order valence-electron chi connectivity index (χ4n) is 5.68. The Bertz CT molecular complexity index is 961. The van der Waals surface area contributed by atoms with Crippen LogP contribution in [-0.4, -0.2) is 6.71 Å². The highest BCUT2D eigenvalue weighted by Crippen LogP contribution is 2.16. The van der Waals surface area contributed by atoms with Crippen molar-refractivity contribution in [2.45, 2.75) is 75.2 Å². The van der Waals surface area contributed by atoms with Crippen LogP contribution in [0.2, 0.25) is 0 Å². The van der Waals surface area contributed by atoms with Gasteiger partial charge in [0.25, 0.3) is 0 Å². The first-order valence-electron chi connectivity index (χ1n) is 11.4. The van der Waals surface area contributed by atoms with E-state index in [9.17, 15) is 0 Å². The molecule has 0 atom stereocenters. The lowest BCUT2D eigenvalue weighted by molar-refractivity contribution is 0.919. The summed E-state index contributed by atoms with van der Waals surface area (Å²) >= 11 is 0. The van der Waals surface area contributed by atoms with Crippen LogP contribution in [-0.2, 0) is 6.42 Å². The number of rotatable bonds is 5. The zero-order valence-corrected chi connectivity index (χ0v) is 20.5. The van der Waals surface area contributed by atoms with Crippen molar-refractivity contribution in [3.05, 3.63) is 86.5 Å². The minimum absolute atomic E-state index is 0.266. The smallest absolute Gasteiger partial charge is 0.0651 e. The Morgan fingerprint density at radius 3 is 1.10 bits per heavy atom. The van der Waals surface area contributed by atoms with Gasteiger partial charge in [0.1, 0.15) is 0 Å². The van der Waals surface area contributed by atoms with Gasteiger partial charge in [-0.3, -0.25) is 0 Å². The molecule has 0 saturated heterocycles. The van der Waals surface area contributed by atoms with Gasteiger partial charge >= 0.3 is 0 Å². The molecule has 0 radical (unpaired) electrons. The second kappa shape index (κ2) is 8.84. The summed E-state index contributed by atoms with van der Waals surface area (Å²) in [4.78, 5) is 0. The summed E-state index contributed by atoms with van der Waals surface area (Å²) < 4.78 is 0. The van der Waals surface area contributed by atoms with E-state index in [1.807, 2.05) is 0 Å². The number of hydrogen-bond donors (Lipinski definition) is 0. The van der Waals surface area contributed by atoms with Crippen molar-refractivity contribution in [2.24, 2.45) is 0 Å². The molecule has 0 aliphatic heterocycles. The maximum atomic E-state index is 2.43. The highest BCUT2D eigenvalue weighted by molar-refractivity contribution is 6.97. The zero-order chi connectivity index (χ0) is 22.2. The second-order valence-electron chi connectivity index (χ2n) is 9.45. The van der Waals surface area contributed by atoms with Crippen LogP contribution in [0.3, 0.4) is 0 Å². The van der Waals surface area contributed by atoms with Crippen molar-refractivity contribution in [3.63, 3.8) is 0 Å². The fraction of sp³-hybridized carbons (Fsp3) is 0.379. The lowest BCUT2D eigenvalue weighted by Gasteiger charge is -2.27. The Labute approximate surface area is 184 Å². The maximum absolute atomic E-state index is 2.43. The highest BCUT2D eigenvalue weighted by atomic mass is 14.1. The Balaban J connectivity index is 2.39. The molecule has 0 unspecified atom stereocenters. The zero-order valence-electron chi connectivity index (χ0n) is 20.5. The Kier molecular flexibility index (Phi) is 6.60. The molecule has 1 heteroatoms. The molecule has 0 N–H and O–H groups in total. The minimum Gasteiger partial charge on any atom is -0.0651 e. The standard InChI is InChI=1S/C29H37B/c1-10-11-26-16-24(8)29(25(9)17-26)30(27-20(4)12-18(2)13-21(27)5)28-22(6)14-19(3)15-23(28)7/h12-17H,10-11H2,1-9H3. The van der Waals surface area contributed by atoms with Crippen molar-refractivity contribution < 1.29 is 0 Å². The SMILES string of the molecule is CCCc1cc(C)c(B(c2c(C)cc(C)cc2C)c2c(C)cc(C)cc2C)c(C)c1. The fourth-order valence-corrected chi connectivity index (χ4v) is 5.68. The number of aryl methyl sites for hydroxylation is 9. The molecule has 3 rings (SSSR count). The maximum Gasteiger partial charge on any atom is 0.243 e. The van der Waals surface area contributed by atoms with Crippen molar-refractivity contribution in [3.8, 4) is 0 Å². The van der Waals surface area contributed by atoms with Crippen LogP contribution in [0.1, 0.15) is 63.4 Å². The average Bonchev–Trinajstić information content (AvgIpc) is 2.59. The number of hydrogen-bond acceptors (Lipinski definition) is 0. The predicted octanol–water partition coefficient (Wildman–Crippen LogP) is 5.62. The molecule has 30 heavy (non-hydrogen) atoms. The van der Waals surface area contributed by atoms with Crippen LogP contribution < -0.4 is 16.4 Å². The average molecular weight is 396 g/mol. The monoisotopic (exact) mass is 396 g/mol. The summed E-state index contributed by atoms with van der Waals surface area (Å²) in [5.74, 6) is 0. The van der Waals surface area contributed by atoms with Crippen LogP contribution in [0, 0.1) is 55.4 Å². The largest absolute Gasteiger partial charge is 0.243 e. The second-order valence-corrected chi connectivity index (χ2v) is 9.45. The lowest BCUT2D eigenvalue weighted by atomic mass is 9.33. The topological polar surface area (TPSA) is 0 Å². The summed E-state index contributed by atoms with van der Waals surface area (Å²) in [6, 6.07) is 14.3. The van der Waals surface area contributed by atoms with Crippen LogP contribution in [0.25, 0.3) is 0 Å². The first kappa shape index (κ1) is 22.4. The van der Waals surface area contributed by atoms with E-state index >= 15 is 0 Å². The Hall–Kier alpha value is -2.28. The van der Waals surface area contributed by atoms with E-state index in [1.165, 1.54) is 72.9 Å². The molecule has 0 aromatic heterocycles. The Morgan fingerprint density at radius 2 is 0.800 bits per heavy atom. The van der Waals surface area contributed by atoms with Gasteiger partial charge in [-0.05, 0) is 67.4 Å². The van der Waals surface area contributed by atoms with E-state index in [2.05, 4.69) is 98.7 Å². The molecule has 0 bridgehead atoms. The van der Waals surface area contributed by atoms with Crippen LogP contribution in [0.5, 0.6) is 0 Å². The summed E-state index contributed by atoms with van der Waals surface area (Å²) in [5, 5.41) is 0. The molecule has 3 aromatic carbocycles. The molecule has 0 amide bonds. The summed E-state index contributed by atoms with van der Waals surface area (Å²) in [6.45, 7) is 20.7. The molecule has 0 nitrogen and oxygen atoms in total. The molecule has 156 valence electrons. The molecule has 3 aromatic rings. The third-order valence-corrected chi connectivity index (χ3v) is 6.53. The number of benzene rings is 3. The van der Waals surface area contributed by atoms with E-state index in [1.54, 1.807) is 0 Å². The quantitative estimate of drug-likeness (QED) is 0.491. The van der Waals surface area contributed by atoms with E-state index < -0.39 is 0 Å². The molecule has 0 aliphatic rings. The van der Waals surface area contributed by atoms with Crippen LogP contribution in [0.4, 0.5) is 0 Å². The molecular weight excluding hydrogens is 359 g/mol. The third-order valence-electron chi connectivity index (χ3n) is 6.53. The van der Waals surface area contributed by atoms with Gasteiger partial charge in [0.2, 0.25) is 6.71 Å². The third kappa shape index (κ3) is 4.26. The van der Waals surface area contributed by atoms with Crippen LogP contribution >= 0.6 is 0 Å². The molecule has 0 heterocycles. The van der Waals surface area contributed by atoms with Gasteiger partial charge in [0.15, 0.2) is 0 Å². The van der Waals surface area contributed by atoms with Crippen molar-refractivity contribution in [1.29, 1.82) is 0 Å². The normalized spacial score (nSPS) is 11.1. The summed E-state index contributed by atoms with van der Waals surface area (Å²) in [6.07, 6.45) is 2.34. The summed E-state index contributed by atoms with van der Waals surface area (Å²) in [5.41, 5.74) is 17.0. The van der Waals surface area contributed by atoms with Gasteiger partial charge in [0, 0.05) is 0 Å². The highest BCUT2D eigenvalue weighted by Gasteiger charge is 2.30. The van der Waals surface area contributed by atoms with E-state index in [4.69, 9.17) is 0 Å². The molecule has 0 spiro atoms.